The Balaban J connectivity index is 1.94. The molecule has 1 saturated carbocycles. The minimum atomic E-state index is -0.475. The molecule has 1 atom stereocenters. The third-order valence-corrected chi connectivity index (χ3v) is 4.45. The second-order valence-electron chi connectivity index (χ2n) is 6.55. The SMILES string of the molecule is COC(C)(C)CN1C(=O)C2(CC2)NC1c1ccccc1F. The molecule has 1 amide bonds. The summed E-state index contributed by atoms with van der Waals surface area (Å²) in [5.41, 5.74) is -0.431. The van der Waals surface area contributed by atoms with Crippen molar-refractivity contribution < 1.29 is 13.9 Å². The molecule has 1 N–H and O–H groups in total. The first kappa shape index (κ1) is 14.5. The molecule has 1 aliphatic heterocycles. The van der Waals surface area contributed by atoms with E-state index < -0.39 is 17.3 Å². The van der Waals surface area contributed by atoms with Gasteiger partial charge in [0.1, 0.15) is 17.5 Å². The second-order valence-corrected chi connectivity index (χ2v) is 6.55. The zero-order valence-corrected chi connectivity index (χ0v) is 12.6. The molecule has 1 aliphatic carbocycles. The molecule has 2 fully saturated rings. The molecule has 2 aliphatic rings. The molecule has 0 bridgehead atoms. The average Bonchev–Trinajstić information content (AvgIpc) is 3.19. The third-order valence-electron chi connectivity index (χ3n) is 4.45. The molecule has 1 heterocycles. The summed E-state index contributed by atoms with van der Waals surface area (Å²) in [7, 11) is 1.62. The van der Waals surface area contributed by atoms with E-state index in [1.54, 1.807) is 30.2 Å². The molecule has 3 rings (SSSR count). The number of carbonyl (C=O) groups is 1. The van der Waals surface area contributed by atoms with Gasteiger partial charge in [-0.25, -0.2) is 4.39 Å². The highest BCUT2D eigenvalue weighted by molar-refractivity contribution is 5.92. The summed E-state index contributed by atoms with van der Waals surface area (Å²) >= 11 is 0. The van der Waals surface area contributed by atoms with E-state index in [1.807, 2.05) is 13.8 Å². The fourth-order valence-corrected chi connectivity index (χ4v) is 2.86. The zero-order valence-electron chi connectivity index (χ0n) is 12.6. The van der Waals surface area contributed by atoms with Crippen molar-refractivity contribution in [3.63, 3.8) is 0 Å². The number of rotatable bonds is 4. The Labute approximate surface area is 124 Å². The van der Waals surface area contributed by atoms with Crippen molar-refractivity contribution in [3.05, 3.63) is 35.6 Å². The van der Waals surface area contributed by atoms with E-state index in [0.29, 0.717) is 12.1 Å². The normalized spacial score (nSPS) is 23.9. The fraction of sp³-hybridized carbons (Fsp3) is 0.562. The Morgan fingerprint density at radius 3 is 2.67 bits per heavy atom. The predicted molar refractivity (Wildman–Crippen MR) is 77.0 cm³/mol. The van der Waals surface area contributed by atoms with Gasteiger partial charge in [-0.1, -0.05) is 18.2 Å². The molecular weight excluding hydrogens is 271 g/mol. The van der Waals surface area contributed by atoms with Crippen LogP contribution in [-0.2, 0) is 9.53 Å². The monoisotopic (exact) mass is 292 g/mol. The largest absolute Gasteiger partial charge is 0.377 e. The Morgan fingerprint density at radius 2 is 2.10 bits per heavy atom. The van der Waals surface area contributed by atoms with Crippen molar-refractivity contribution in [2.45, 2.75) is 44.0 Å². The number of nitrogens with zero attached hydrogens (tertiary/aromatic N) is 1. The number of amides is 1. The van der Waals surface area contributed by atoms with Gasteiger partial charge in [0, 0.05) is 12.7 Å². The third kappa shape index (κ3) is 2.45. The van der Waals surface area contributed by atoms with Crippen LogP contribution in [0.5, 0.6) is 0 Å². The van der Waals surface area contributed by atoms with Crippen LogP contribution in [0.15, 0.2) is 24.3 Å². The predicted octanol–water partition coefficient (Wildman–Crippen LogP) is 2.21. The van der Waals surface area contributed by atoms with Crippen LogP contribution in [0.3, 0.4) is 0 Å². The van der Waals surface area contributed by atoms with Gasteiger partial charge in [-0.2, -0.15) is 0 Å². The first-order valence-electron chi connectivity index (χ1n) is 7.27. The van der Waals surface area contributed by atoms with E-state index in [1.165, 1.54) is 6.07 Å². The Morgan fingerprint density at radius 1 is 1.43 bits per heavy atom. The van der Waals surface area contributed by atoms with Gasteiger partial charge in [0.2, 0.25) is 5.91 Å². The fourth-order valence-electron chi connectivity index (χ4n) is 2.86. The molecule has 0 aromatic heterocycles. The van der Waals surface area contributed by atoms with Gasteiger partial charge in [0.15, 0.2) is 0 Å². The first-order chi connectivity index (χ1) is 9.88. The van der Waals surface area contributed by atoms with Crippen LogP contribution in [0.25, 0.3) is 0 Å². The smallest absolute Gasteiger partial charge is 0.244 e. The lowest BCUT2D eigenvalue weighted by Gasteiger charge is -2.32. The standard InChI is InChI=1S/C16H21FN2O2/c1-15(2,21-3)10-19-13(11-6-4-5-7-12(11)17)18-16(8-9-16)14(19)20/h4-7,13,18H,8-10H2,1-3H3. The topological polar surface area (TPSA) is 41.6 Å². The molecular formula is C16H21FN2O2. The molecule has 21 heavy (non-hydrogen) atoms. The molecule has 1 aromatic carbocycles. The summed E-state index contributed by atoms with van der Waals surface area (Å²) in [4.78, 5) is 14.4. The van der Waals surface area contributed by atoms with Crippen molar-refractivity contribution in [3.8, 4) is 0 Å². The first-order valence-corrected chi connectivity index (χ1v) is 7.27. The van der Waals surface area contributed by atoms with E-state index in [-0.39, 0.29) is 11.7 Å². The molecule has 5 heteroatoms. The molecule has 1 saturated heterocycles. The molecule has 1 unspecified atom stereocenters. The lowest BCUT2D eigenvalue weighted by Crippen LogP contribution is -2.43. The highest BCUT2D eigenvalue weighted by Crippen LogP contribution is 2.46. The van der Waals surface area contributed by atoms with Crippen LogP contribution in [0.1, 0.15) is 38.4 Å². The van der Waals surface area contributed by atoms with Gasteiger partial charge >= 0.3 is 0 Å². The minimum absolute atomic E-state index is 0.0564. The summed E-state index contributed by atoms with van der Waals surface area (Å²) in [6, 6.07) is 6.61. The highest BCUT2D eigenvalue weighted by atomic mass is 19.1. The number of ether oxygens (including phenoxy) is 1. The van der Waals surface area contributed by atoms with Crippen LogP contribution in [0, 0.1) is 5.82 Å². The summed E-state index contributed by atoms with van der Waals surface area (Å²) < 4.78 is 19.6. The molecule has 1 spiro atoms. The molecule has 0 radical (unpaired) electrons. The van der Waals surface area contributed by atoms with Crippen LogP contribution < -0.4 is 5.32 Å². The maximum absolute atomic E-state index is 14.1. The minimum Gasteiger partial charge on any atom is -0.377 e. The molecule has 4 nitrogen and oxygen atoms in total. The molecule has 1 aromatic rings. The quantitative estimate of drug-likeness (QED) is 0.925. The van der Waals surface area contributed by atoms with Crippen LogP contribution in [-0.4, -0.2) is 35.6 Å². The van der Waals surface area contributed by atoms with Gasteiger partial charge in [0.05, 0.1) is 12.1 Å². The Bertz CT molecular complexity index is 569. The Hall–Kier alpha value is -1.46. The van der Waals surface area contributed by atoms with E-state index in [0.717, 1.165) is 12.8 Å². The van der Waals surface area contributed by atoms with Gasteiger partial charge < -0.3 is 9.64 Å². The summed E-state index contributed by atoms with van der Waals surface area (Å²) in [5, 5.41) is 3.33. The number of nitrogens with one attached hydrogen (secondary N) is 1. The van der Waals surface area contributed by atoms with Crippen LogP contribution in [0.4, 0.5) is 4.39 Å². The van der Waals surface area contributed by atoms with Gasteiger partial charge in [-0.3, -0.25) is 10.1 Å². The number of halogens is 1. The molecule has 114 valence electrons. The van der Waals surface area contributed by atoms with E-state index >= 15 is 0 Å². The number of hydrogen-bond acceptors (Lipinski definition) is 3. The van der Waals surface area contributed by atoms with Gasteiger partial charge in [-0.05, 0) is 32.8 Å². The second kappa shape index (κ2) is 4.78. The number of carbonyl (C=O) groups excluding carboxylic acids is 1. The van der Waals surface area contributed by atoms with E-state index in [4.69, 9.17) is 4.74 Å². The summed E-state index contributed by atoms with van der Waals surface area (Å²) in [5.74, 6) is -0.235. The maximum Gasteiger partial charge on any atom is 0.244 e. The van der Waals surface area contributed by atoms with Crippen molar-refractivity contribution in [1.29, 1.82) is 0 Å². The van der Waals surface area contributed by atoms with Crippen LogP contribution >= 0.6 is 0 Å². The summed E-state index contributed by atoms with van der Waals surface area (Å²) in [6.07, 6.45) is 1.22. The van der Waals surface area contributed by atoms with Crippen molar-refractivity contribution >= 4 is 5.91 Å². The number of hydrogen-bond donors (Lipinski definition) is 1. The Kier molecular flexibility index (Phi) is 3.30. The highest BCUT2D eigenvalue weighted by Gasteiger charge is 2.60. The van der Waals surface area contributed by atoms with Crippen LogP contribution in [0.2, 0.25) is 0 Å². The van der Waals surface area contributed by atoms with Gasteiger partial charge in [0.25, 0.3) is 0 Å². The lowest BCUT2D eigenvalue weighted by atomic mass is 10.1. The van der Waals surface area contributed by atoms with E-state index in [2.05, 4.69) is 5.32 Å². The average molecular weight is 292 g/mol. The number of methoxy groups -OCH3 is 1. The van der Waals surface area contributed by atoms with Crippen molar-refractivity contribution in [2.24, 2.45) is 0 Å². The lowest BCUT2D eigenvalue weighted by molar-refractivity contribution is -0.134. The van der Waals surface area contributed by atoms with Crippen molar-refractivity contribution in [1.82, 2.24) is 10.2 Å². The van der Waals surface area contributed by atoms with Crippen molar-refractivity contribution in [2.75, 3.05) is 13.7 Å². The van der Waals surface area contributed by atoms with Gasteiger partial charge in [-0.15, -0.1) is 0 Å². The number of benzene rings is 1. The summed E-state index contributed by atoms with van der Waals surface area (Å²) in [6.45, 7) is 4.28. The van der Waals surface area contributed by atoms with E-state index in [9.17, 15) is 9.18 Å². The maximum atomic E-state index is 14.1. The zero-order chi connectivity index (χ0) is 15.3.